The summed E-state index contributed by atoms with van der Waals surface area (Å²) in [6, 6.07) is 7.82. The van der Waals surface area contributed by atoms with Crippen LogP contribution in [0.15, 0.2) is 36.7 Å². The van der Waals surface area contributed by atoms with Crippen molar-refractivity contribution in [3.8, 4) is 11.6 Å². The van der Waals surface area contributed by atoms with Gasteiger partial charge in [-0.3, -0.25) is 4.98 Å². The molecule has 0 radical (unpaired) electrons. The third-order valence-electron chi connectivity index (χ3n) is 2.21. The zero-order valence-corrected chi connectivity index (χ0v) is 9.97. The van der Waals surface area contributed by atoms with Crippen molar-refractivity contribution in [2.24, 2.45) is 0 Å². The average molecular weight is 229 g/mol. The predicted molar refractivity (Wildman–Crippen MR) is 67.4 cm³/mol. The molecule has 0 saturated heterocycles. The fourth-order valence-electron chi connectivity index (χ4n) is 1.39. The molecule has 0 spiro atoms. The van der Waals surface area contributed by atoms with Gasteiger partial charge in [0, 0.05) is 6.54 Å². The lowest BCUT2D eigenvalue weighted by Crippen LogP contribution is -2.00. The van der Waals surface area contributed by atoms with Gasteiger partial charge in [0.25, 0.3) is 0 Å². The van der Waals surface area contributed by atoms with Crippen LogP contribution in [0.5, 0.6) is 11.6 Å². The molecule has 1 aromatic carbocycles. The van der Waals surface area contributed by atoms with E-state index in [4.69, 9.17) is 4.74 Å². The van der Waals surface area contributed by atoms with E-state index >= 15 is 0 Å². The normalized spacial score (nSPS) is 10.0. The Morgan fingerprint density at radius 3 is 2.65 bits per heavy atom. The summed E-state index contributed by atoms with van der Waals surface area (Å²) in [5.41, 5.74) is 1.20. The minimum absolute atomic E-state index is 0.493. The Morgan fingerprint density at radius 2 is 1.94 bits per heavy atom. The average Bonchev–Trinajstić information content (AvgIpc) is 2.33. The van der Waals surface area contributed by atoms with Crippen LogP contribution in [-0.4, -0.2) is 16.5 Å². The molecule has 0 unspecified atom stereocenters. The standard InChI is InChI=1S/C13H15N3O/c1-3-15-12-8-14-9-13(16-12)17-11-6-4-10(2)5-7-11/h4-9H,3H2,1-2H3,(H,15,16). The second-order valence-electron chi connectivity index (χ2n) is 3.69. The summed E-state index contributed by atoms with van der Waals surface area (Å²) < 4.78 is 5.61. The van der Waals surface area contributed by atoms with Crippen molar-refractivity contribution in [3.05, 3.63) is 42.2 Å². The van der Waals surface area contributed by atoms with Crippen LogP contribution >= 0.6 is 0 Å². The molecule has 4 nitrogen and oxygen atoms in total. The molecule has 0 aliphatic carbocycles. The maximum Gasteiger partial charge on any atom is 0.239 e. The van der Waals surface area contributed by atoms with Gasteiger partial charge < -0.3 is 10.1 Å². The quantitative estimate of drug-likeness (QED) is 0.875. The number of ether oxygens (including phenoxy) is 1. The number of anilines is 1. The summed E-state index contributed by atoms with van der Waals surface area (Å²) in [5.74, 6) is 1.97. The molecular formula is C13H15N3O. The van der Waals surface area contributed by atoms with Crippen molar-refractivity contribution >= 4 is 5.82 Å². The van der Waals surface area contributed by atoms with E-state index in [9.17, 15) is 0 Å². The highest BCUT2D eigenvalue weighted by atomic mass is 16.5. The van der Waals surface area contributed by atoms with E-state index in [0.717, 1.165) is 18.1 Å². The van der Waals surface area contributed by atoms with Crippen LogP contribution in [-0.2, 0) is 0 Å². The summed E-state index contributed by atoms with van der Waals surface area (Å²) in [6.45, 7) is 4.85. The molecule has 0 aliphatic heterocycles. The van der Waals surface area contributed by atoms with Crippen LogP contribution in [0.2, 0.25) is 0 Å². The molecule has 17 heavy (non-hydrogen) atoms. The molecule has 88 valence electrons. The van der Waals surface area contributed by atoms with Crippen LogP contribution in [0.1, 0.15) is 12.5 Å². The monoisotopic (exact) mass is 229 g/mol. The number of benzene rings is 1. The SMILES string of the molecule is CCNc1cncc(Oc2ccc(C)cc2)n1. The second-order valence-corrected chi connectivity index (χ2v) is 3.69. The predicted octanol–water partition coefficient (Wildman–Crippen LogP) is 3.01. The highest BCUT2D eigenvalue weighted by molar-refractivity contribution is 5.35. The van der Waals surface area contributed by atoms with Gasteiger partial charge >= 0.3 is 0 Å². The van der Waals surface area contributed by atoms with Gasteiger partial charge in [0.1, 0.15) is 11.6 Å². The lowest BCUT2D eigenvalue weighted by molar-refractivity contribution is 0.461. The highest BCUT2D eigenvalue weighted by Gasteiger charge is 2.00. The summed E-state index contributed by atoms with van der Waals surface area (Å²) in [6.07, 6.45) is 3.27. The van der Waals surface area contributed by atoms with Gasteiger partial charge in [-0.1, -0.05) is 17.7 Å². The van der Waals surface area contributed by atoms with Crippen LogP contribution in [0.25, 0.3) is 0 Å². The number of hydrogen-bond acceptors (Lipinski definition) is 4. The zero-order valence-electron chi connectivity index (χ0n) is 9.97. The smallest absolute Gasteiger partial charge is 0.239 e. The van der Waals surface area contributed by atoms with E-state index < -0.39 is 0 Å². The van der Waals surface area contributed by atoms with Crippen molar-refractivity contribution in [1.82, 2.24) is 9.97 Å². The van der Waals surface area contributed by atoms with Gasteiger partial charge in [0.15, 0.2) is 0 Å². The number of nitrogens with zero attached hydrogens (tertiary/aromatic N) is 2. The molecule has 1 heterocycles. The van der Waals surface area contributed by atoms with E-state index in [1.807, 2.05) is 38.1 Å². The highest BCUT2D eigenvalue weighted by Crippen LogP contribution is 2.19. The molecule has 2 rings (SSSR count). The van der Waals surface area contributed by atoms with Gasteiger partial charge in [0.05, 0.1) is 12.4 Å². The number of nitrogens with one attached hydrogen (secondary N) is 1. The topological polar surface area (TPSA) is 47.0 Å². The van der Waals surface area contributed by atoms with Crippen molar-refractivity contribution < 1.29 is 4.74 Å². The summed E-state index contributed by atoms with van der Waals surface area (Å²) in [5, 5.41) is 3.09. The number of rotatable bonds is 4. The first kappa shape index (κ1) is 11.4. The lowest BCUT2D eigenvalue weighted by atomic mass is 10.2. The Kier molecular flexibility index (Phi) is 3.55. The maximum absolute atomic E-state index is 5.61. The molecule has 0 aliphatic rings. The zero-order chi connectivity index (χ0) is 12.1. The fourth-order valence-corrected chi connectivity index (χ4v) is 1.39. The molecule has 1 aromatic heterocycles. The lowest BCUT2D eigenvalue weighted by Gasteiger charge is -2.06. The van der Waals surface area contributed by atoms with Crippen LogP contribution < -0.4 is 10.1 Å². The molecule has 4 heteroatoms. The molecular weight excluding hydrogens is 214 g/mol. The summed E-state index contributed by atoms with van der Waals surface area (Å²) in [7, 11) is 0. The van der Waals surface area contributed by atoms with Crippen LogP contribution in [0, 0.1) is 6.92 Å². The van der Waals surface area contributed by atoms with E-state index in [-0.39, 0.29) is 0 Å². The largest absolute Gasteiger partial charge is 0.437 e. The summed E-state index contributed by atoms with van der Waals surface area (Å²) in [4.78, 5) is 8.35. The van der Waals surface area contributed by atoms with Gasteiger partial charge in [0.2, 0.25) is 5.88 Å². The Bertz CT molecular complexity index is 482. The Balaban J connectivity index is 2.12. The molecule has 0 fully saturated rings. The van der Waals surface area contributed by atoms with Crippen molar-refractivity contribution in [2.45, 2.75) is 13.8 Å². The van der Waals surface area contributed by atoms with Crippen molar-refractivity contribution in [3.63, 3.8) is 0 Å². The minimum atomic E-state index is 0.493. The Morgan fingerprint density at radius 1 is 1.18 bits per heavy atom. The molecule has 0 bridgehead atoms. The minimum Gasteiger partial charge on any atom is -0.437 e. The second kappa shape index (κ2) is 5.30. The molecule has 0 saturated carbocycles. The Labute approximate surface area is 101 Å². The first-order valence-electron chi connectivity index (χ1n) is 5.58. The van der Waals surface area contributed by atoms with E-state index in [2.05, 4.69) is 15.3 Å². The molecule has 0 amide bonds. The molecule has 2 aromatic rings. The van der Waals surface area contributed by atoms with E-state index in [1.54, 1.807) is 12.4 Å². The van der Waals surface area contributed by atoms with Gasteiger partial charge in [-0.05, 0) is 26.0 Å². The third kappa shape index (κ3) is 3.17. The first-order valence-corrected chi connectivity index (χ1v) is 5.58. The number of hydrogen-bond donors (Lipinski definition) is 1. The third-order valence-corrected chi connectivity index (χ3v) is 2.21. The Hall–Kier alpha value is -2.10. The van der Waals surface area contributed by atoms with Crippen molar-refractivity contribution in [2.75, 3.05) is 11.9 Å². The van der Waals surface area contributed by atoms with Crippen LogP contribution in [0.3, 0.4) is 0 Å². The molecule has 1 N–H and O–H groups in total. The van der Waals surface area contributed by atoms with Crippen LogP contribution in [0.4, 0.5) is 5.82 Å². The van der Waals surface area contributed by atoms with E-state index in [1.165, 1.54) is 5.56 Å². The number of aromatic nitrogens is 2. The maximum atomic E-state index is 5.61. The fraction of sp³-hybridized carbons (Fsp3) is 0.231. The first-order chi connectivity index (χ1) is 8.28. The summed E-state index contributed by atoms with van der Waals surface area (Å²) >= 11 is 0. The van der Waals surface area contributed by atoms with Gasteiger partial charge in [-0.25, -0.2) is 0 Å². The van der Waals surface area contributed by atoms with Gasteiger partial charge in [-0.15, -0.1) is 0 Å². The number of aryl methyl sites for hydroxylation is 1. The molecule has 0 atom stereocenters. The van der Waals surface area contributed by atoms with Gasteiger partial charge in [-0.2, -0.15) is 4.98 Å². The van der Waals surface area contributed by atoms with Crippen molar-refractivity contribution in [1.29, 1.82) is 0 Å². The van der Waals surface area contributed by atoms with E-state index in [0.29, 0.717) is 5.88 Å².